The molecule has 0 atom stereocenters. The Morgan fingerprint density at radius 2 is 1.81 bits per heavy atom. The average molecular weight is 496 g/mol. The van der Waals surface area contributed by atoms with E-state index in [1.807, 2.05) is 43.4 Å². The number of nitrogens with zero attached hydrogens (tertiary/aromatic N) is 3. The molecule has 2 aromatic heterocycles. The maximum atomic E-state index is 12.2. The van der Waals surface area contributed by atoms with Crippen LogP contribution in [0.25, 0.3) is 33.4 Å². The minimum absolute atomic E-state index is 0.134. The molecule has 4 aromatic rings. The van der Waals surface area contributed by atoms with Crippen LogP contribution < -0.4 is 15.4 Å². The van der Waals surface area contributed by atoms with Crippen LogP contribution in [0.3, 0.4) is 0 Å². The van der Waals surface area contributed by atoms with E-state index >= 15 is 0 Å². The van der Waals surface area contributed by atoms with Gasteiger partial charge in [-0.05, 0) is 66.8 Å². The molecule has 0 unspecified atom stereocenters. The summed E-state index contributed by atoms with van der Waals surface area (Å²) < 4.78 is 5.98. The predicted octanol–water partition coefficient (Wildman–Crippen LogP) is 6.01. The Hall–Kier alpha value is -4.00. The number of carbonyl (C=O) groups is 1. The lowest BCUT2D eigenvalue weighted by molar-refractivity contribution is -0.122. The maximum Gasteiger partial charge on any atom is 0.220 e. The molecule has 0 bridgehead atoms. The van der Waals surface area contributed by atoms with Gasteiger partial charge in [0.05, 0.1) is 12.1 Å². The molecule has 1 aliphatic carbocycles. The first-order valence-corrected chi connectivity index (χ1v) is 13.1. The molecular weight excluding hydrogens is 462 g/mol. The van der Waals surface area contributed by atoms with Crippen LogP contribution in [-0.2, 0) is 4.79 Å². The zero-order valence-corrected chi connectivity index (χ0v) is 21.2. The minimum atomic E-state index is 0.134. The summed E-state index contributed by atoms with van der Waals surface area (Å²) >= 11 is 0. The van der Waals surface area contributed by atoms with E-state index in [0.29, 0.717) is 31.3 Å². The lowest BCUT2D eigenvalue weighted by atomic mass is 9.95. The van der Waals surface area contributed by atoms with E-state index < -0.39 is 0 Å². The molecule has 1 amide bonds. The van der Waals surface area contributed by atoms with Crippen molar-refractivity contribution in [1.82, 2.24) is 20.3 Å². The van der Waals surface area contributed by atoms with Crippen LogP contribution in [0.2, 0.25) is 0 Å². The summed E-state index contributed by atoms with van der Waals surface area (Å²) in [6.45, 7) is 0.508. The second-order valence-electron chi connectivity index (χ2n) is 9.50. The number of carbonyl (C=O) groups excluding carboxylic acids is 1. The number of aromatic nitrogens is 3. The van der Waals surface area contributed by atoms with Gasteiger partial charge in [-0.15, -0.1) is 0 Å². The van der Waals surface area contributed by atoms with Crippen molar-refractivity contribution in [2.45, 2.75) is 51.0 Å². The van der Waals surface area contributed by atoms with Crippen LogP contribution in [0.15, 0.2) is 67.0 Å². The Labute approximate surface area is 217 Å². The van der Waals surface area contributed by atoms with Gasteiger partial charge in [0.25, 0.3) is 0 Å². The van der Waals surface area contributed by atoms with E-state index in [-0.39, 0.29) is 5.91 Å². The van der Waals surface area contributed by atoms with Gasteiger partial charge in [0.2, 0.25) is 5.91 Å². The smallest absolute Gasteiger partial charge is 0.220 e. The van der Waals surface area contributed by atoms with Gasteiger partial charge in [-0.1, -0.05) is 37.5 Å². The molecule has 2 heterocycles. The third-order valence-corrected chi connectivity index (χ3v) is 6.81. The molecule has 7 heteroatoms. The van der Waals surface area contributed by atoms with E-state index in [1.165, 1.54) is 19.3 Å². The number of ether oxygens (including phenoxy) is 1. The van der Waals surface area contributed by atoms with Crippen molar-refractivity contribution >= 4 is 22.6 Å². The molecule has 190 valence electrons. The van der Waals surface area contributed by atoms with Crippen LogP contribution in [0.4, 0.5) is 5.82 Å². The van der Waals surface area contributed by atoms with Gasteiger partial charge in [-0.25, -0.2) is 9.97 Å². The molecule has 7 nitrogen and oxygen atoms in total. The van der Waals surface area contributed by atoms with Crippen molar-refractivity contribution in [3.63, 3.8) is 0 Å². The Balaban J connectivity index is 1.24. The highest BCUT2D eigenvalue weighted by molar-refractivity contribution is 5.94. The lowest BCUT2D eigenvalue weighted by Gasteiger charge is -2.22. The van der Waals surface area contributed by atoms with Gasteiger partial charge < -0.3 is 15.4 Å². The largest absolute Gasteiger partial charge is 0.494 e. The Morgan fingerprint density at radius 1 is 0.973 bits per heavy atom. The van der Waals surface area contributed by atoms with E-state index in [1.54, 1.807) is 12.4 Å². The number of pyridine rings is 1. The molecule has 0 spiro atoms. The molecular formula is C30H33N5O2. The summed E-state index contributed by atoms with van der Waals surface area (Å²) in [5.74, 6) is 2.34. The van der Waals surface area contributed by atoms with Crippen LogP contribution >= 0.6 is 0 Å². The molecule has 1 aliphatic rings. The number of hydrogen-bond acceptors (Lipinski definition) is 6. The van der Waals surface area contributed by atoms with E-state index in [4.69, 9.17) is 14.7 Å². The molecule has 5 rings (SSSR count). The highest BCUT2D eigenvalue weighted by Gasteiger charge is 2.15. The molecule has 37 heavy (non-hydrogen) atoms. The summed E-state index contributed by atoms with van der Waals surface area (Å²) in [4.78, 5) is 25.9. The lowest BCUT2D eigenvalue weighted by Crippen LogP contribution is -2.36. The standard InChI is InChI=1S/C30H33N5O2/c1-31-30-26-19-22(14-15-27(26)34-29(35-30)23-9-6-16-32-20-23)21-8-5-12-25(18-21)37-17-7-13-28(36)33-24-10-3-2-4-11-24/h5-6,8-9,12,14-16,18-20,24H,2-4,7,10-11,13,17H2,1H3,(H,33,36)(H,31,34,35). The average Bonchev–Trinajstić information content (AvgIpc) is 2.95. The molecule has 1 fully saturated rings. The molecule has 1 saturated carbocycles. The first-order valence-electron chi connectivity index (χ1n) is 13.1. The fourth-order valence-corrected chi connectivity index (χ4v) is 4.86. The number of benzene rings is 2. The van der Waals surface area contributed by atoms with Crippen LogP contribution in [0, 0.1) is 0 Å². The highest BCUT2D eigenvalue weighted by Crippen LogP contribution is 2.31. The monoisotopic (exact) mass is 495 g/mol. The summed E-state index contributed by atoms with van der Waals surface area (Å²) in [5.41, 5.74) is 3.84. The summed E-state index contributed by atoms with van der Waals surface area (Å²) in [7, 11) is 1.87. The zero-order chi connectivity index (χ0) is 25.5. The molecule has 0 radical (unpaired) electrons. The van der Waals surface area contributed by atoms with Gasteiger partial charge >= 0.3 is 0 Å². The van der Waals surface area contributed by atoms with Crippen LogP contribution in [0.5, 0.6) is 5.75 Å². The van der Waals surface area contributed by atoms with Gasteiger partial charge in [-0.2, -0.15) is 0 Å². The van der Waals surface area contributed by atoms with Gasteiger partial charge in [0.15, 0.2) is 5.82 Å². The van der Waals surface area contributed by atoms with E-state index in [9.17, 15) is 4.79 Å². The van der Waals surface area contributed by atoms with Gasteiger partial charge in [0.1, 0.15) is 11.6 Å². The summed E-state index contributed by atoms with van der Waals surface area (Å²) in [6, 6.07) is 18.4. The fraction of sp³-hybridized carbons (Fsp3) is 0.333. The van der Waals surface area contributed by atoms with E-state index in [2.05, 4.69) is 33.8 Å². The van der Waals surface area contributed by atoms with Crippen molar-refractivity contribution in [2.75, 3.05) is 19.0 Å². The van der Waals surface area contributed by atoms with Crippen LogP contribution in [0.1, 0.15) is 44.9 Å². The van der Waals surface area contributed by atoms with Crippen molar-refractivity contribution in [3.8, 4) is 28.3 Å². The predicted molar refractivity (Wildman–Crippen MR) is 147 cm³/mol. The fourth-order valence-electron chi connectivity index (χ4n) is 4.86. The number of hydrogen-bond donors (Lipinski definition) is 2. The SMILES string of the molecule is CNc1nc(-c2cccnc2)nc2ccc(-c3cccc(OCCCC(=O)NC4CCCCC4)c3)cc12. The second kappa shape index (κ2) is 11.8. The maximum absolute atomic E-state index is 12.2. The number of nitrogens with one attached hydrogen (secondary N) is 2. The molecule has 0 aliphatic heterocycles. The number of amides is 1. The number of anilines is 1. The third-order valence-electron chi connectivity index (χ3n) is 6.81. The number of fused-ring (bicyclic) bond motifs is 1. The van der Waals surface area contributed by atoms with Crippen LogP contribution in [-0.4, -0.2) is 40.6 Å². The van der Waals surface area contributed by atoms with Gasteiger partial charge in [-0.3, -0.25) is 9.78 Å². The van der Waals surface area contributed by atoms with Crippen molar-refractivity contribution in [2.24, 2.45) is 0 Å². The molecule has 2 aromatic carbocycles. The van der Waals surface area contributed by atoms with Crippen molar-refractivity contribution in [3.05, 3.63) is 67.0 Å². The molecule has 0 saturated heterocycles. The van der Waals surface area contributed by atoms with E-state index in [0.717, 1.165) is 52.0 Å². The Bertz CT molecular complexity index is 1350. The van der Waals surface area contributed by atoms with Gasteiger partial charge in [0, 0.05) is 42.9 Å². The third kappa shape index (κ3) is 6.23. The summed E-state index contributed by atoms with van der Waals surface area (Å²) in [5, 5.41) is 7.33. The number of rotatable bonds is 9. The Kier molecular flexibility index (Phi) is 7.89. The highest BCUT2D eigenvalue weighted by atomic mass is 16.5. The minimum Gasteiger partial charge on any atom is -0.494 e. The summed E-state index contributed by atoms with van der Waals surface area (Å²) in [6.07, 6.45) is 10.6. The topological polar surface area (TPSA) is 89.0 Å². The van der Waals surface area contributed by atoms with Crippen molar-refractivity contribution < 1.29 is 9.53 Å². The molecule has 2 N–H and O–H groups in total. The Morgan fingerprint density at radius 3 is 2.62 bits per heavy atom. The first kappa shape index (κ1) is 24.7. The first-order chi connectivity index (χ1) is 18.2. The normalized spacial score (nSPS) is 13.9. The van der Waals surface area contributed by atoms with Crippen molar-refractivity contribution in [1.29, 1.82) is 0 Å². The second-order valence-corrected chi connectivity index (χ2v) is 9.50. The quantitative estimate of drug-likeness (QED) is 0.277. The zero-order valence-electron chi connectivity index (χ0n) is 21.2.